The third-order valence-corrected chi connectivity index (χ3v) is 4.06. The van der Waals surface area contributed by atoms with E-state index in [9.17, 15) is 10.1 Å². The van der Waals surface area contributed by atoms with Crippen LogP contribution in [0.2, 0.25) is 0 Å². The Morgan fingerprint density at radius 1 is 1.19 bits per heavy atom. The molecule has 1 unspecified atom stereocenters. The summed E-state index contributed by atoms with van der Waals surface area (Å²) in [5.41, 5.74) is 4.43. The fourth-order valence-electron chi connectivity index (χ4n) is 2.96. The summed E-state index contributed by atoms with van der Waals surface area (Å²) < 4.78 is 0. The van der Waals surface area contributed by atoms with Crippen LogP contribution in [0.25, 0.3) is 0 Å². The maximum absolute atomic E-state index is 11.2. The van der Waals surface area contributed by atoms with Gasteiger partial charge in [-0.2, -0.15) is 0 Å². The molecular formula is C17H18N2O2. The van der Waals surface area contributed by atoms with E-state index in [4.69, 9.17) is 0 Å². The van der Waals surface area contributed by atoms with Gasteiger partial charge in [0.05, 0.1) is 4.92 Å². The number of hydrogen-bond acceptors (Lipinski definition) is 3. The van der Waals surface area contributed by atoms with Crippen molar-refractivity contribution >= 4 is 11.4 Å². The van der Waals surface area contributed by atoms with E-state index in [1.165, 1.54) is 11.1 Å². The van der Waals surface area contributed by atoms with Crippen LogP contribution in [0.4, 0.5) is 11.4 Å². The molecule has 0 aliphatic heterocycles. The second-order valence-corrected chi connectivity index (χ2v) is 5.63. The average molecular weight is 282 g/mol. The van der Waals surface area contributed by atoms with Gasteiger partial charge in [-0.25, -0.2) is 0 Å². The van der Waals surface area contributed by atoms with Gasteiger partial charge >= 0.3 is 0 Å². The highest BCUT2D eigenvalue weighted by molar-refractivity contribution is 5.63. The zero-order valence-corrected chi connectivity index (χ0v) is 12.0. The Morgan fingerprint density at radius 2 is 1.95 bits per heavy atom. The highest BCUT2D eigenvalue weighted by Gasteiger charge is 2.21. The molecule has 0 bridgehead atoms. The number of nitrogens with zero attached hydrogens (tertiary/aromatic N) is 1. The molecule has 2 aromatic carbocycles. The van der Waals surface area contributed by atoms with Crippen molar-refractivity contribution in [1.29, 1.82) is 0 Å². The summed E-state index contributed by atoms with van der Waals surface area (Å²) in [6.45, 7) is 1.87. The van der Waals surface area contributed by atoms with Gasteiger partial charge in [0.15, 0.2) is 0 Å². The molecule has 1 atom stereocenters. The van der Waals surface area contributed by atoms with E-state index in [1.54, 1.807) is 6.07 Å². The number of anilines is 1. The molecule has 2 aromatic rings. The van der Waals surface area contributed by atoms with Crippen molar-refractivity contribution in [2.75, 3.05) is 5.32 Å². The van der Waals surface area contributed by atoms with Crippen molar-refractivity contribution in [3.8, 4) is 0 Å². The molecule has 0 fully saturated rings. The summed E-state index contributed by atoms with van der Waals surface area (Å²) in [6.07, 6.45) is 2.94. The first-order valence-electron chi connectivity index (χ1n) is 7.22. The van der Waals surface area contributed by atoms with E-state index in [1.807, 2.05) is 19.1 Å². The van der Waals surface area contributed by atoms with Gasteiger partial charge in [0.1, 0.15) is 5.69 Å². The summed E-state index contributed by atoms with van der Waals surface area (Å²) in [4.78, 5) is 10.9. The molecule has 1 aliphatic rings. The number of nitro groups is 1. The minimum absolute atomic E-state index is 0.161. The van der Waals surface area contributed by atoms with Gasteiger partial charge in [0.25, 0.3) is 5.69 Å². The normalized spacial score (nSPS) is 17.1. The van der Waals surface area contributed by atoms with Gasteiger partial charge < -0.3 is 5.32 Å². The molecule has 0 saturated heterocycles. The molecule has 0 spiro atoms. The molecule has 0 amide bonds. The second kappa shape index (κ2) is 5.56. The molecule has 4 nitrogen and oxygen atoms in total. The van der Waals surface area contributed by atoms with Crippen LogP contribution in [0.3, 0.4) is 0 Å². The first-order valence-corrected chi connectivity index (χ1v) is 7.22. The highest BCUT2D eigenvalue weighted by atomic mass is 16.6. The maximum atomic E-state index is 11.2. The van der Waals surface area contributed by atoms with Crippen LogP contribution in [0.5, 0.6) is 0 Å². The zero-order valence-electron chi connectivity index (χ0n) is 12.0. The van der Waals surface area contributed by atoms with Crippen LogP contribution in [0.15, 0.2) is 42.5 Å². The molecule has 4 heteroatoms. The molecular weight excluding hydrogens is 264 g/mol. The van der Waals surface area contributed by atoms with Gasteiger partial charge in [-0.3, -0.25) is 10.1 Å². The predicted octanol–water partition coefficient (Wildman–Crippen LogP) is 3.87. The first-order chi connectivity index (χ1) is 10.1. The largest absolute Gasteiger partial charge is 0.376 e. The lowest BCUT2D eigenvalue weighted by atomic mass is 9.88. The Hall–Kier alpha value is -2.36. The lowest BCUT2D eigenvalue weighted by molar-refractivity contribution is -0.384. The molecule has 3 rings (SSSR count). The Labute approximate surface area is 124 Å². The molecule has 0 saturated carbocycles. The topological polar surface area (TPSA) is 55.2 Å². The number of rotatable bonds is 3. The van der Waals surface area contributed by atoms with E-state index in [-0.39, 0.29) is 16.7 Å². The van der Waals surface area contributed by atoms with Crippen LogP contribution < -0.4 is 5.32 Å². The lowest BCUT2D eigenvalue weighted by Gasteiger charge is -2.26. The number of aryl methyl sites for hydroxylation is 2. The summed E-state index contributed by atoms with van der Waals surface area (Å²) in [5, 5.41) is 14.5. The SMILES string of the molecule is Cc1ccc(NC2CCc3ccccc3C2)c([N+](=O)[O-])c1. The molecule has 108 valence electrons. The van der Waals surface area contributed by atoms with Gasteiger partial charge in [-0.1, -0.05) is 30.3 Å². The molecule has 0 radical (unpaired) electrons. The van der Waals surface area contributed by atoms with Crippen LogP contribution in [-0.2, 0) is 12.8 Å². The zero-order chi connectivity index (χ0) is 14.8. The summed E-state index contributed by atoms with van der Waals surface area (Å²) in [5.74, 6) is 0. The minimum Gasteiger partial charge on any atom is -0.376 e. The third kappa shape index (κ3) is 2.89. The number of hydrogen-bond donors (Lipinski definition) is 1. The smallest absolute Gasteiger partial charge is 0.292 e. The standard InChI is InChI=1S/C17H18N2O2/c1-12-6-9-16(17(10-12)19(20)21)18-15-8-7-13-4-2-3-5-14(13)11-15/h2-6,9-10,15,18H,7-8,11H2,1H3. The molecule has 21 heavy (non-hydrogen) atoms. The van der Waals surface area contributed by atoms with Gasteiger partial charge in [0.2, 0.25) is 0 Å². The molecule has 1 aliphatic carbocycles. The Balaban J connectivity index is 1.81. The van der Waals surface area contributed by atoms with Crippen molar-refractivity contribution in [3.63, 3.8) is 0 Å². The van der Waals surface area contributed by atoms with Gasteiger partial charge in [-0.15, -0.1) is 0 Å². The van der Waals surface area contributed by atoms with Crippen molar-refractivity contribution in [2.24, 2.45) is 0 Å². The quantitative estimate of drug-likeness (QED) is 0.686. The van der Waals surface area contributed by atoms with Crippen molar-refractivity contribution in [1.82, 2.24) is 0 Å². The average Bonchev–Trinajstić information content (AvgIpc) is 2.49. The second-order valence-electron chi connectivity index (χ2n) is 5.63. The van der Waals surface area contributed by atoms with Crippen LogP contribution >= 0.6 is 0 Å². The van der Waals surface area contributed by atoms with E-state index in [0.29, 0.717) is 5.69 Å². The van der Waals surface area contributed by atoms with E-state index in [0.717, 1.165) is 24.8 Å². The van der Waals surface area contributed by atoms with Crippen molar-refractivity contribution in [2.45, 2.75) is 32.2 Å². The van der Waals surface area contributed by atoms with E-state index in [2.05, 4.69) is 29.6 Å². The molecule has 1 N–H and O–H groups in total. The van der Waals surface area contributed by atoms with E-state index >= 15 is 0 Å². The van der Waals surface area contributed by atoms with Gasteiger partial charge in [0, 0.05) is 12.1 Å². The van der Waals surface area contributed by atoms with Crippen molar-refractivity contribution in [3.05, 3.63) is 69.3 Å². The highest BCUT2D eigenvalue weighted by Crippen LogP contribution is 2.29. The number of benzene rings is 2. The fourth-order valence-corrected chi connectivity index (χ4v) is 2.96. The van der Waals surface area contributed by atoms with Crippen LogP contribution in [0, 0.1) is 17.0 Å². The monoisotopic (exact) mass is 282 g/mol. The van der Waals surface area contributed by atoms with Crippen LogP contribution in [-0.4, -0.2) is 11.0 Å². The third-order valence-electron chi connectivity index (χ3n) is 4.06. The number of nitrogens with one attached hydrogen (secondary N) is 1. The summed E-state index contributed by atoms with van der Waals surface area (Å²) in [7, 11) is 0. The maximum Gasteiger partial charge on any atom is 0.292 e. The van der Waals surface area contributed by atoms with Crippen LogP contribution in [0.1, 0.15) is 23.1 Å². The lowest BCUT2D eigenvalue weighted by Crippen LogP contribution is -2.27. The Kier molecular flexibility index (Phi) is 3.60. The molecule has 0 aromatic heterocycles. The minimum atomic E-state index is -0.313. The Morgan fingerprint density at radius 3 is 2.71 bits per heavy atom. The van der Waals surface area contributed by atoms with Gasteiger partial charge in [-0.05, 0) is 48.9 Å². The number of fused-ring (bicyclic) bond motifs is 1. The summed E-state index contributed by atoms with van der Waals surface area (Å²) >= 11 is 0. The predicted molar refractivity (Wildman–Crippen MR) is 83.7 cm³/mol. The number of nitro benzene ring substituents is 1. The first kappa shape index (κ1) is 13.6. The van der Waals surface area contributed by atoms with E-state index < -0.39 is 0 Å². The van der Waals surface area contributed by atoms with Crippen molar-refractivity contribution < 1.29 is 4.92 Å². The summed E-state index contributed by atoms with van der Waals surface area (Å²) in [6, 6.07) is 14.0. The fraction of sp³-hybridized carbons (Fsp3) is 0.294. The molecule has 0 heterocycles. The Bertz CT molecular complexity index is 682.